The standard InChI is InChI=1S/C12H12ClFN4OS/c1-2-5-15-12-18-17-11(20-12)10(19)16-9-6-7(14)3-4-8(9)13/h3-4,6H,2,5H2,1H3,(H,15,18)(H,16,19). The van der Waals surface area contributed by atoms with Crippen molar-refractivity contribution in [1.29, 1.82) is 0 Å². The second kappa shape index (κ2) is 6.62. The molecular formula is C12H12ClFN4OS. The molecule has 1 aromatic heterocycles. The summed E-state index contributed by atoms with van der Waals surface area (Å²) in [6, 6.07) is 3.74. The molecule has 0 atom stereocenters. The van der Waals surface area contributed by atoms with Crippen LogP contribution < -0.4 is 10.6 Å². The molecule has 2 aromatic rings. The lowest BCUT2D eigenvalue weighted by Gasteiger charge is -2.04. The molecular weight excluding hydrogens is 303 g/mol. The van der Waals surface area contributed by atoms with Crippen molar-refractivity contribution in [2.45, 2.75) is 13.3 Å². The van der Waals surface area contributed by atoms with Crippen molar-refractivity contribution in [2.75, 3.05) is 17.2 Å². The minimum absolute atomic E-state index is 0.184. The zero-order valence-electron chi connectivity index (χ0n) is 10.6. The molecule has 0 saturated carbocycles. The van der Waals surface area contributed by atoms with Gasteiger partial charge in [0.05, 0.1) is 10.7 Å². The van der Waals surface area contributed by atoms with E-state index in [4.69, 9.17) is 11.6 Å². The van der Waals surface area contributed by atoms with Crippen LogP contribution in [0.25, 0.3) is 0 Å². The molecule has 0 fully saturated rings. The minimum Gasteiger partial charge on any atom is -0.360 e. The average molecular weight is 315 g/mol. The maximum atomic E-state index is 13.1. The quantitative estimate of drug-likeness (QED) is 0.887. The minimum atomic E-state index is -0.479. The number of nitrogens with one attached hydrogen (secondary N) is 2. The molecule has 5 nitrogen and oxygen atoms in total. The first-order chi connectivity index (χ1) is 9.60. The fourth-order valence-corrected chi connectivity index (χ4v) is 2.22. The average Bonchev–Trinajstić information content (AvgIpc) is 2.89. The molecule has 0 aliphatic rings. The Kier molecular flexibility index (Phi) is 4.86. The predicted octanol–water partition coefficient (Wildman–Crippen LogP) is 3.40. The van der Waals surface area contributed by atoms with E-state index in [1.807, 2.05) is 6.92 Å². The summed E-state index contributed by atoms with van der Waals surface area (Å²) in [6.45, 7) is 2.78. The Morgan fingerprint density at radius 1 is 1.45 bits per heavy atom. The highest BCUT2D eigenvalue weighted by Crippen LogP contribution is 2.24. The monoisotopic (exact) mass is 314 g/mol. The topological polar surface area (TPSA) is 66.9 Å². The number of aromatic nitrogens is 2. The number of hydrogen-bond acceptors (Lipinski definition) is 5. The Labute approximate surface area is 124 Å². The van der Waals surface area contributed by atoms with Crippen molar-refractivity contribution in [3.8, 4) is 0 Å². The van der Waals surface area contributed by atoms with Crippen molar-refractivity contribution >= 4 is 39.7 Å². The van der Waals surface area contributed by atoms with E-state index in [1.165, 1.54) is 12.1 Å². The number of hydrogen-bond donors (Lipinski definition) is 2. The number of carbonyl (C=O) groups excluding carboxylic acids is 1. The second-order valence-electron chi connectivity index (χ2n) is 3.92. The number of amides is 1. The SMILES string of the molecule is CCCNc1nnc(C(=O)Nc2cc(F)ccc2Cl)s1. The van der Waals surface area contributed by atoms with Crippen molar-refractivity contribution in [2.24, 2.45) is 0 Å². The summed E-state index contributed by atoms with van der Waals surface area (Å²) in [5.41, 5.74) is 0.204. The highest BCUT2D eigenvalue weighted by molar-refractivity contribution is 7.17. The Balaban J connectivity index is 2.08. The van der Waals surface area contributed by atoms with Crippen LogP contribution in [0.15, 0.2) is 18.2 Å². The van der Waals surface area contributed by atoms with Crippen LogP contribution in [0.2, 0.25) is 5.02 Å². The summed E-state index contributed by atoms with van der Waals surface area (Å²) in [4.78, 5) is 12.0. The van der Waals surface area contributed by atoms with Crippen LogP contribution in [0.3, 0.4) is 0 Å². The van der Waals surface area contributed by atoms with Crippen molar-refractivity contribution in [1.82, 2.24) is 10.2 Å². The van der Waals surface area contributed by atoms with Gasteiger partial charge in [0.25, 0.3) is 5.91 Å². The summed E-state index contributed by atoms with van der Waals surface area (Å²) in [5.74, 6) is -0.952. The number of anilines is 2. The third-order valence-corrected chi connectivity index (χ3v) is 3.53. The molecule has 0 aliphatic carbocycles. The summed E-state index contributed by atoms with van der Waals surface area (Å²) < 4.78 is 13.1. The van der Waals surface area contributed by atoms with Crippen LogP contribution in [0, 0.1) is 5.82 Å². The van der Waals surface area contributed by atoms with E-state index in [1.54, 1.807) is 0 Å². The zero-order chi connectivity index (χ0) is 14.5. The van der Waals surface area contributed by atoms with Crippen molar-refractivity contribution in [3.63, 3.8) is 0 Å². The molecule has 0 bridgehead atoms. The first-order valence-electron chi connectivity index (χ1n) is 5.94. The van der Waals surface area contributed by atoms with E-state index >= 15 is 0 Å². The van der Waals surface area contributed by atoms with E-state index < -0.39 is 11.7 Å². The summed E-state index contributed by atoms with van der Waals surface area (Å²) in [6.07, 6.45) is 0.944. The molecule has 8 heteroatoms. The number of nitrogens with zero attached hydrogens (tertiary/aromatic N) is 2. The number of benzene rings is 1. The number of rotatable bonds is 5. The smallest absolute Gasteiger partial charge is 0.286 e. The number of halogens is 2. The molecule has 2 rings (SSSR count). The Morgan fingerprint density at radius 2 is 2.25 bits per heavy atom. The van der Waals surface area contributed by atoms with Crippen LogP contribution in [-0.2, 0) is 0 Å². The van der Waals surface area contributed by atoms with E-state index in [0.717, 1.165) is 30.4 Å². The number of carbonyl (C=O) groups is 1. The second-order valence-corrected chi connectivity index (χ2v) is 5.30. The van der Waals surface area contributed by atoms with Crippen LogP contribution in [0.4, 0.5) is 15.2 Å². The third-order valence-electron chi connectivity index (χ3n) is 2.32. The van der Waals surface area contributed by atoms with Crippen LogP contribution >= 0.6 is 22.9 Å². The van der Waals surface area contributed by atoms with Crippen LogP contribution in [-0.4, -0.2) is 22.6 Å². The van der Waals surface area contributed by atoms with E-state index in [-0.39, 0.29) is 15.7 Å². The fourth-order valence-electron chi connectivity index (χ4n) is 1.39. The molecule has 0 unspecified atom stereocenters. The normalized spacial score (nSPS) is 10.3. The lowest BCUT2D eigenvalue weighted by Crippen LogP contribution is -2.12. The van der Waals surface area contributed by atoms with Gasteiger partial charge >= 0.3 is 0 Å². The Bertz CT molecular complexity index is 619. The van der Waals surface area contributed by atoms with Gasteiger partial charge in [-0.15, -0.1) is 10.2 Å². The van der Waals surface area contributed by atoms with Crippen molar-refractivity contribution in [3.05, 3.63) is 34.0 Å². The summed E-state index contributed by atoms with van der Waals surface area (Å²) in [7, 11) is 0. The van der Waals surface area contributed by atoms with Gasteiger partial charge in [-0.2, -0.15) is 0 Å². The lowest BCUT2D eigenvalue weighted by molar-refractivity contribution is 0.102. The maximum Gasteiger partial charge on any atom is 0.286 e. The van der Waals surface area contributed by atoms with Gasteiger partial charge in [-0.1, -0.05) is 29.9 Å². The van der Waals surface area contributed by atoms with Gasteiger partial charge in [-0.25, -0.2) is 4.39 Å². The van der Waals surface area contributed by atoms with Crippen LogP contribution in [0.5, 0.6) is 0 Å². The largest absolute Gasteiger partial charge is 0.360 e. The van der Waals surface area contributed by atoms with E-state index in [9.17, 15) is 9.18 Å². The molecule has 1 aromatic carbocycles. The zero-order valence-corrected chi connectivity index (χ0v) is 12.2. The van der Waals surface area contributed by atoms with Gasteiger partial charge in [-0.05, 0) is 24.6 Å². The first kappa shape index (κ1) is 14.7. The van der Waals surface area contributed by atoms with E-state index in [2.05, 4.69) is 20.8 Å². The van der Waals surface area contributed by atoms with Crippen LogP contribution in [0.1, 0.15) is 23.1 Å². The molecule has 0 radical (unpaired) electrons. The molecule has 0 spiro atoms. The molecule has 1 heterocycles. The van der Waals surface area contributed by atoms with Gasteiger partial charge in [0.1, 0.15) is 5.82 Å². The Hall–Kier alpha value is -1.73. The third kappa shape index (κ3) is 3.64. The molecule has 106 valence electrons. The Morgan fingerprint density at radius 3 is 3.00 bits per heavy atom. The van der Waals surface area contributed by atoms with E-state index in [0.29, 0.717) is 5.13 Å². The maximum absolute atomic E-state index is 13.1. The highest BCUT2D eigenvalue weighted by atomic mass is 35.5. The van der Waals surface area contributed by atoms with Gasteiger partial charge < -0.3 is 10.6 Å². The van der Waals surface area contributed by atoms with Gasteiger partial charge in [0.2, 0.25) is 10.1 Å². The first-order valence-corrected chi connectivity index (χ1v) is 7.13. The summed E-state index contributed by atoms with van der Waals surface area (Å²) >= 11 is 7.00. The van der Waals surface area contributed by atoms with Crippen molar-refractivity contribution < 1.29 is 9.18 Å². The van der Waals surface area contributed by atoms with Gasteiger partial charge in [0.15, 0.2) is 0 Å². The summed E-state index contributed by atoms with van der Waals surface area (Å²) in [5, 5.41) is 14.2. The highest BCUT2D eigenvalue weighted by Gasteiger charge is 2.14. The lowest BCUT2D eigenvalue weighted by atomic mass is 10.3. The molecule has 2 N–H and O–H groups in total. The molecule has 1 amide bonds. The fraction of sp³-hybridized carbons (Fsp3) is 0.250. The molecule has 0 saturated heterocycles. The van der Waals surface area contributed by atoms with Gasteiger partial charge in [-0.3, -0.25) is 4.79 Å². The van der Waals surface area contributed by atoms with Gasteiger partial charge in [0, 0.05) is 6.54 Å². The molecule has 0 aliphatic heterocycles. The predicted molar refractivity (Wildman–Crippen MR) is 78.1 cm³/mol. The molecule has 20 heavy (non-hydrogen) atoms.